The zero-order valence-electron chi connectivity index (χ0n) is 21.3. The number of carbonyl (C=O) groups excluding carboxylic acids is 1. The van der Waals surface area contributed by atoms with Crippen LogP contribution in [0.2, 0.25) is 0 Å². The van der Waals surface area contributed by atoms with E-state index in [1.807, 2.05) is 29.8 Å². The van der Waals surface area contributed by atoms with Crippen LogP contribution in [-0.4, -0.2) is 71.0 Å². The van der Waals surface area contributed by atoms with E-state index in [0.717, 1.165) is 28.0 Å². The Balaban J connectivity index is 1.76. The van der Waals surface area contributed by atoms with Crippen LogP contribution in [-0.2, 0) is 10.9 Å². The molecule has 0 saturated carbocycles. The molecule has 10 nitrogen and oxygen atoms in total. The smallest absolute Gasteiger partial charge is 0.251 e. The predicted molar refractivity (Wildman–Crippen MR) is 148 cm³/mol. The standard InChI is InChI=1S/C25H31N7O3S2/c1-5-30(6-2)17(4)15-26-25(33)18-13-21(28-23(14-18)32(7-3)37(34)35)19-16-27-31-11-10-20(29-24(19)31)22-9-8-12-36-22/h8-14,16-17,37H,5-7,15H2,1-4H3,(H,26,33)/t17-/m0/s1. The molecule has 0 bridgehead atoms. The lowest BCUT2D eigenvalue weighted by atomic mass is 10.1. The van der Waals surface area contributed by atoms with Crippen molar-refractivity contribution in [2.24, 2.45) is 0 Å². The minimum absolute atomic E-state index is 0.155. The van der Waals surface area contributed by atoms with E-state index in [-0.39, 0.29) is 24.3 Å². The summed E-state index contributed by atoms with van der Waals surface area (Å²) >= 11 is 1.58. The molecule has 4 aromatic rings. The molecule has 0 aliphatic rings. The SMILES string of the molecule is CCN(CC)[C@@H](C)CNC(=O)c1cc(-c2cnn3ccc(-c4cccs4)nc23)nc(N(CC)[SH](=O)=O)c1. The van der Waals surface area contributed by atoms with Crippen molar-refractivity contribution in [1.82, 2.24) is 29.8 Å². The van der Waals surface area contributed by atoms with E-state index in [1.54, 1.807) is 35.0 Å². The number of thiophene rings is 1. The Hall–Kier alpha value is -3.35. The number of amides is 1. The first-order chi connectivity index (χ1) is 17.9. The van der Waals surface area contributed by atoms with Crippen LogP contribution >= 0.6 is 11.3 Å². The molecule has 4 heterocycles. The van der Waals surface area contributed by atoms with E-state index < -0.39 is 10.9 Å². The highest BCUT2D eigenvalue weighted by atomic mass is 32.2. The van der Waals surface area contributed by atoms with Gasteiger partial charge in [0, 0.05) is 30.9 Å². The number of carbonyl (C=O) groups is 1. The first-order valence-corrected chi connectivity index (χ1v) is 14.2. The molecule has 1 amide bonds. The Labute approximate surface area is 222 Å². The topological polar surface area (TPSA) is 113 Å². The number of fused-ring (bicyclic) bond motifs is 1. The Morgan fingerprint density at radius 3 is 2.54 bits per heavy atom. The van der Waals surface area contributed by atoms with Gasteiger partial charge in [-0.2, -0.15) is 5.10 Å². The number of pyridine rings is 1. The second-order valence-electron chi connectivity index (χ2n) is 8.45. The summed E-state index contributed by atoms with van der Waals surface area (Å²) in [5.74, 6) is -0.128. The summed E-state index contributed by atoms with van der Waals surface area (Å²) in [5, 5.41) is 9.37. The molecule has 0 aliphatic heterocycles. The highest BCUT2D eigenvalue weighted by Crippen LogP contribution is 2.29. The Morgan fingerprint density at radius 2 is 1.89 bits per heavy atom. The average Bonchev–Trinajstić information content (AvgIpc) is 3.58. The largest absolute Gasteiger partial charge is 0.350 e. The van der Waals surface area contributed by atoms with E-state index in [9.17, 15) is 13.2 Å². The van der Waals surface area contributed by atoms with Crippen molar-refractivity contribution in [3.63, 3.8) is 0 Å². The molecule has 0 spiro atoms. The minimum Gasteiger partial charge on any atom is -0.350 e. The molecule has 0 radical (unpaired) electrons. The molecule has 1 N–H and O–H groups in total. The third-order valence-electron chi connectivity index (χ3n) is 6.25. The van der Waals surface area contributed by atoms with Gasteiger partial charge in [-0.05, 0) is 56.6 Å². The van der Waals surface area contributed by atoms with Gasteiger partial charge in [-0.25, -0.2) is 22.9 Å². The maximum absolute atomic E-state index is 13.2. The van der Waals surface area contributed by atoms with Crippen LogP contribution in [0.25, 0.3) is 27.5 Å². The number of aromatic nitrogens is 4. The van der Waals surface area contributed by atoms with Crippen molar-refractivity contribution < 1.29 is 13.2 Å². The minimum atomic E-state index is -2.94. The van der Waals surface area contributed by atoms with Gasteiger partial charge in [0.1, 0.15) is 5.82 Å². The van der Waals surface area contributed by atoms with E-state index in [0.29, 0.717) is 29.0 Å². The van der Waals surface area contributed by atoms with Crippen molar-refractivity contribution in [2.45, 2.75) is 33.7 Å². The van der Waals surface area contributed by atoms with E-state index in [2.05, 4.69) is 41.1 Å². The molecular weight excluding hydrogens is 510 g/mol. The van der Waals surface area contributed by atoms with Gasteiger partial charge in [-0.15, -0.1) is 11.3 Å². The first kappa shape index (κ1) is 26.7. The fraction of sp³-hybridized carbons (Fsp3) is 0.360. The normalized spacial score (nSPS) is 12.4. The number of hydrogen-bond acceptors (Lipinski definition) is 8. The van der Waals surface area contributed by atoms with Crippen LogP contribution in [0.15, 0.2) is 48.1 Å². The van der Waals surface area contributed by atoms with Gasteiger partial charge >= 0.3 is 0 Å². The van der Waals surface area contributed by atoms with Gasteiger partial charge < -0.3 is 5.32 Å². The number of nitrogens with zero attached hydrogens (tertiary/aromatic N) is 6. The number of thiol groups is 1. The highest BCUT2D eigenvalue weighted by molar-refractivity contribution is 7.74. The quantitative estimate of drug-likeness (QED) is 0.280. The molecule has 0 saturated heterocycles. The van der Waals surface area contributed by atoms with Crippen molar-refractivity contribution in [3.8, 4) is 21.8 Å². The number of likely N-dealkylation sites (N-methyl/N-ethyl adjacent to an activating group) is 1. The summed E-state index contributed by atoms with van der Waals surface area (Å²) in [6, 6.07) is 9.15. The fourth-order valence-corrected chi connectivity index (χ4v) is 5.40. The van der Waals surface area contributed by atoms with Gasteiger partial charge in [0.05, 0.1) is 28.0 Å². The average molecular weight is 542 g/mol. The predicted octanol–water partition coefficient (Wildman–Crippen LogP) is 3.33. The van der Waals surface area contributed by atoms with Gasteiger partial charge in [0.15, 0.2) is 5.65 Å². The van der Waals surface area contributed by atoms with Gasteiger partial charge in [0.2, 0.25) is 10.9 Å². The van der Waals surface area contributed by atoms with Crippen molar-refractivity contribution in [1.29, 1.82) is 0 Å². The van der Waals surface area contributed by atoms with Crippen LogP contribution in [0.4, 0.5) is 5.82 Å². The van der Waals surface area contributed by atoms with Gasteiger partial charge in [-0.1, -0.05) is 19.9 Å². The van der Waals surface area contributed by atoms with Crippen molar-refractivity contribution >= 4 is 39.6 Å². The fourth-order valence-electron chi connectivity index (χ4n) is 4.21. The van der Waals surface area contributed by atoms with Crippen molar-refractivity contribution in [2.75, 3.05) is 30.5 Å². The summed E-state index contributed by atoms with van der Waals surface area (Å²) in [6.07, 6.45) is 3.45. The molecule has 37 heavy (non-hydrogen) atoms. The molecule has 0 fully saturated rings. The lowest BCUT2D eigenvalue weighted by molar-refractivity contribution is 0.0938. The zero-order chi connectivity index (χ0) is 26.5. The molecule has 0 unspecified atom stereocenters. The van der Waals surface area contributed by atoms with E-state index in [4.69, 9.17) is 4.98 Å². The van der Waals surface area contributed by atoms with Gasteiger partial charge in [-0.3, -0.25) is 14.0 Å². The summed E-state index contributed by atoms with van der Waals surface area (Å²) in [4.78, 5) is 25.9. The third kappa shape index (κ3) is 5.81. The number of anilines is 1. The molecule has 4 aromatic heterocycles. The van der Waals surface area contributed by atoms with Gasteiger partial charge in [0.25, 0.3) is 5.91 Å². The summed E-state index contributed by atoms with van der Waals surface area (Å²) in [5.41, 5.74) is 2.69. The lowest BCUT2D eigenvalue weighted by Gasteiger charge is -2.26. The Kier molecular flexibility index (Phi) is 8.52. The number of nitrogens with one attached hydrogen (secondary N) is 1. The van der Waals surface area contributed by atoms with Crippen LogP contribution in [0.5, 0.6) is 0 Å². The summed E-state index contributed by atoms with van der Waals surface area (Å²) < 4.78 is 26.7. The summed E-state index contributed by atoms with van der Waals surface area (Å²) in [6.45, 7) is 10.4. The summed E-state index contributed by atoms with van der Waals surface area (Å²) in [7, 11) is -2.94. The second-order valence-corrected chi connectivity index (χ2v) is 10.4. The molecule has 196 valence electrons. The maximum Gasteiger partial charge on any atom is 0.251 e. The van der Waals surface area contributed by atoms with Crippen LogP contribution in [0.1, 0.15) is 38.1 Å². The van der Waals surface area contributed by atoms with E-state index >= 15 is 0 Å². The maximum atomic E-state index is 13.2. The molecular formula is C25H31N7O3S2. The Morgan fingerprint density at radius 1 is 1.11 bits per heavy atom. The molecule has 0 aromatic carbocycles. The first-order valence-electron chi connectivity index (χ1n) is 12.2. The monoisotopic (exact) mass is 541 g/mol. The van der Waals surface area contributed by atoms with Crippen LogP contribution < -0.4 is 9.62 Å². The zero-order valence-corrected chi connectivity index (χ0v) is 23.0. The number of hydrogen-bond donors (Lipinski definition) is 2. The van der Waals surface area contributed by atoms with Crippen molar-refractivity contribution in [3.05, 3.63) is 53.7 Å². The second kappa shape index (κ2) is 11.8. The third-order valence-corrected chi connectivity index (χ3v) is 8.02. The molecule has 4 rings (SSSR count). The molecule has 0 aliphatic carbocycles. The van der Waals surface area contributed by atoms with Crippen LogP contribution in [0.3, 0.4) is 0 Å². The molecule has 12 heteroatoms. The number of rotatable bonds is 11. The van der Waals surface area contributed by atoms with E-state index in [1.165, 1.54) is 6.07 Å². The lowest BCUT2D eigenvalue weighted by Crippen LogP contribution is -2.42. The van der Waals surface area contributed by atoms with Crippen LogP contribution in [0, 0.1) is 0 Å². The molecule has 1 atom stereocenters. The highest BCUT2D eigenvalue weighted by Gasteiger charge is 2.20. The Bertz CT molecular complexity index is 1440.